The van der Waals surface area contributed by atoms with E-state index in [9.17, 15) is 18.0 Å². The topological polar surface area (TPSA) is 102 Å². The Labute approximate surface area is 133 Å². The molecule has 7 nitrogen and oxygen atoms in total. The molecule has 0 radical (unpaired) electrons. The van der Waals surface area contributed by atoms with Gasteiger partial charge in [-0.25, -0.2) is 13.2 Å². The number of carbonyl (C=O) groups is 2. The molecular weight excluding hydrogens is 320 g/mol. The summed E-state index contributed by atoms with van der Waals surface area (Å²) in [6.07, 6.45) is 3.93. The quantitative estimate of drug-likeness (QED) is 0.634. The lowest BCUT2D eigenvalue weighted by Gasteiger charge is -2.06. The van der Waals surface area contributed by atoms with Crippen LogP contribution in [0, 0.1) is 0 Å². The number of hydrogen-bond acceptors (Lipinski definition) is 6. The van der Waals surface area contributed by atoms with Crippen molar-refractivity contribution in [1.29, 1.82) is 0 Å². The molecule has 1 aromatic carbocycles. The van der Waals surface area contributed by atoms with Gasteiger partial charge in [0, 0.05) is 23.6 Å². The van der Waals surface area contributed by atoms with Gasteiger partial charge in [0.05, 0.1) is 11.8 Å². The first-order valence-corrected chi connectivity index (χ1v) is 8.42. The molecule has 1 aromatic heterocycles. The number of rotatable bonds is 6. The first kappa shape index (κ1) is 16.6. The number of anilines is 1. The number of benzene rings is 1. The minimum absolute atomic E-state index is 0.306. The summed E-state index contributed by atoms with van der Waals surface area (Å²) in [6.45, 7) is -0.403. The molecule has 1 N–H and O–H groups in total. The number of ketones is 1. The Morgan fingerprint density at radius 2 is 1.65 bits per heavy atom. The van der Waals surface area contributed by atoms with Crippen LogP contribution in [0.3, 0.4) is 0 Å². The van der Waals surface area contributed by atoms with Gasteiger partial charge >= 0.3 is 5.97 Å². The van der Waals surface area contributed by atoms with Gasteiger partial charge in [0.15, 0.2) is 12.4 Å². The fourth-order valence-corrected chi connectivity index (χ4v) is 2.29. The smallest absolute Gasteiger partial charge is 0.338 e. The predicted octanol–water partition coefficient (Wildman–Crippen LogP) is 1.49. The van der Waals surface area contributed by atoms with Crippen molar-refractivity contribution in [1.82, 2.24) is 4.98 Å². The zero-order chi connectivity index (χ0) is 16.9. The maximum absolute atomic E-state index is 11.9. The van der Waals surface area contributed by atoms with Gasteiger partial charge < -0.3 is 4.74 Å². The molecule has 0 fully saturated rings. The van der Waals surface area contributed by atoms with E-state index in [2.05, 4.69) is 9.71 Å². The van der Waals surface area contributed by atoms with E-state index in [0.717, 1.165) is 6.26 Å². The van der Waals surface area contributed by atoms with Crippen LogP contribution in [0.25, 0.3) is 0 Å². The standard InChI is InChI=1S/C15H14N2O5S/c1-23(20,21)17-13-4-2-11(3-5-13)14(18)10-22-15(19)12-6-8-16-9-7-12/h2-9,17H,10H2,1H3. The number of nitrogens with one attached hydrogen (secondary N) is 1. The molecule has 0 unspecified atom stereocenters. The van der Waals surface area contributed by atoms with E-state index in [1.54, 1.807) is 0 Å². The largest absolute Gasteiger partial charge is 0.454 e. The number of sulfonamides is 1. The summed E-state index contributed by atoms with van der Waals surface area (Å²) in [6, 6.07) is 8.79. The van der Waals surface area contributed by atoms with Gasteiger partial charge in [-0.3, -0.25) is 14.5 Å². The van der Waals surface area contributed by atoms with Crippen LogP contribution < -0.4 is 4.72 Å². The maximum atomic E-state index is 11.9. The van der Waals surface area contributed by atoms with Crippen molar-refractivity contribution in [3.63, 3.8) is 0 Å². The molecule has 0 atom stereocenters. The lowest BCUT2D eigenvalue weighted by molar-refractivity contribution is 0.0474. The summed E-state index contributed by atoms with van der Waals surface area (Å²) in [7, 11) is -3.37. The molecule has 0 aliphatic heterocycles. The Morgan fingerprint density at radius 3 is 2.22 bits per heavy atom. The van der Waals surface area contributed by atoms with Gasteiger partial charge in [-0.2, -0.15) is 0 Å². The highest BCUT2D eigenvalue weighted by atomic mass is 32.2. The fraction of sp³-hybridized carbons (Fsp3) is 0.133. The first-order chi connectivity index (χ1) is 10.8. The van der Waals surface area contributed by atoms with E-state index in [4.69, 9.17) is 4.74 Å². The molecule has 23 heavy (non-hydrogen) atoms. The monoisotopic (exact) mass is 334 g/mol. The van der Waals surface area contributed by atoms with Crippen molar-refractivity contribution < 1.29 is 22.7 Å². The van der Waals surface area contributed by atoms with E-state index < -0.39 is 28.4 Å². The van der Waals surface area contributed by atoms with E-state index in [1.165, 1.54) is 48.8 Å². The van der Waals surface area contributed by atoms with Crippen molar-refractivity contribution in [2.75, 3.05) is 17.6 Å². The second-order valence-corrected chi connectivity index (χ2v) is 6.44. The van der Waals surface area contributed by atoms with Crippen molar-refractivity contribution in [3.8, 4) is 0 Å². The maximum Gasteiger partial charge on any atom is 0.338 e. The molecule has 120 valence electrons. The number of nitrogens with zero attached hydrogens (tertiary/aromatic N) is 1. The predicted molar refractivity (Wildman–Crippen MR) is 83.8 cm³/mol. The summed E-state index contributed by atoms with van der Waals surface area (Å²) in [5.41, 5.74) is 0.963. The Kier molecular flexibility index (Phi) is 5.07. The Balaban J connectivity index is 1.95. The number of ether oxygens (including phenoxy) is 1. The molecule has 0 spiro atoms. The Hall–Kier alpha value is -2.74. The number of Topliss-reactive ketones (excluding diaryl/α,β-unsaturated/α-hetero) is 1. The summed E-state index contributed by atoms with van der Waals surface area (Å²) < 4.78 is 29.4. The number of hydrogen-bond donors (Lipinski definition) is 1. The molecule has 2 aromatic rings. The van der Waals surface area contributed by atoms with Crippen LogP contribution in [0.2, 0.25) is 0 Å². The highest BCUT2D eigenvalue weighted by Crippen LogP contribution is 2.11. The van der Waals surface area contributed by atoms with Crippen molar-refractivity contribution in [3.05, 3.63) is 59.9 Å². The Morgan fingerprint density at radius 1 is 1.04 bits per heavy atom. The van der Waals surface area contributed by atoms with Gasteiger partial charge in [-0.15, -0.1) is 0 Å². The molecule has 0 aliphatic rings. The van der Waals surface area contributed by atoms with Crippen LogP contribution in [-0.4, -0.2) is 38.0 Å². The molecule has 0 saturated carbocycles. The number of pyridine rings is 1. The van der Waals surface area contributed by atoms with E-state index in [1.807, 2.05) is 0 Å². The van der Waals surface area contributed by atoms with E-state index in [-0.39, 0.29) is 0 Å². The van der Waals surface area contributed by atoms with Gasteiger partial charge in [0.1, 0.15) is 0 Å². The second kappa shape index (κ2) is 7.01. The van der Waals surface area contributed by atoms with Crippen molar-refractivity contribution >= 4 is 27.5 Å². The first-order valence-electron chi connectivity index (χ1n) is 6.53. The average molecular weight is 334 g/mol. The SMILES string of the molecule is CS(=O)(=O)Nc1ccc(C(=O)COC(=O)c2ccncc2)cc1. The van der Waals surface area contributed by atoms with Gasteiger partial charge in [-0.1, -0.05) is 0 Å². The van der Waals surface area contributed by atoms with Gasteiger partial charge in [0.25, 0.3) is 0 Å². The normalized spacial score (nSPS) is 10.8. The minimum atomic E-state index is -3.37. The van der Waals surface area contributed by atoms with Crippen LogP contribution in [0.4, 0.5) is 5.69 Å². The average Bonchev–Trinajstić information content (AvgIpc) is 2.52. The minimum Gasteiger partial charge on any atom is -0.454 e. The lowest BCUT2D eigenvalue weighted by atomic mass is 10.1. The molecule has 0 aliphatic carbocycles. The third kappa shape index (κ3) is 5.19. The molecule has 0 saturated heterocycles. The van der Waals surface area contributed by atoms with Gasteiger partial charge in [-0.05, 0) is 36.4 Å². The summed E-state index contributed by atoms with van der Waals surface area (Å²) >= 11 is 0. The molecule has 0 bridgehead atoms. The molecule has 0 amide bonds. The molecular formula is C15H14N2O5S. The van der Waals surface area contributed by atoms with Crippen LogP contribution in [-0.2, 0) is 14.8 Å². The van der Waals surface area contributed by atoms with E-state index in [0.29, 0.717) is 16.8 Å². The summed E-state index contributed by atoms with van der Waals surface area (Å²) in [5.74, 6) is -1.01. The second-order valence-electron chi connectivity index (χ2n) is 4.69. The number of aromatic nitrogens is 1. The highest BCUT2D eigenvalue weighted by molar-refractivity contribution is 7.92. The lowest BCUT2D eigenvalue weighted by Crippen LogP contribution is -2.14. The van der Waals surface area contributed by atoms with Crippen LogP contribution in [0.15, 0.2) is 48.8 Å². The van der Waals surface area contributed by atoms with E-state index >= 15 is 0 Å². The van der Waals surface area contributed by atoms with Crippen LogP contribution in [0.5, 0.6) is 0 Å². The third-order valence-corrected chi connectivity index (χ3v) is 3.37. The van der Waals surface area contributed by atoms with Crippen molar-refractivity contribution in [2.24, 2.45) is 0 Å². The van der Waals surface area contributed by atoms with Gasteiger partial charge in [0.2, 0.25) is 10.0 Å². The number of carbonyl (C=O) groups excluding carboxylic acids is 2. The summed E-state index contributed by atoms with van der Waals surface area (Å²) in [5, 5.41) is 0. The Bertz CT molecular complexity index is 802. The molecule has 8 heteroatoms. The third-order valence-electron chi connectivity index (χ3n) is 2.76. The molecule has 2 rings (SSSR count). The zero-order valence-corrected chi connectivity index (χ0v) is 13.0. The molecule has 1 heterocycles. The zero-order valence-electron chi connectivity index (χ0n) is 12.2. The van der Waals surface area contributed by atoms with Crippen LogP contribution in [0.1, 0.15) is 20.7 Å². The summed E-state index contributed by atoms with van der Waals surface area (Å²) in [4.78, 5) is 27.4. The highest BCUT2D eigenvalue weighted by Gasteiger charge is 2.12. The fourth-order valence-electron chi connectivity index (χ4n) is 1.72. The van der Waals surface area contributed by atoms with Crippen LogP contribution >= 0.6 is 0 Å². The van der Waals surface area contributed by atoms with Crippen molar-refractivity contribution in [2.45, 2.75) is 0 Å². The number of esters is 1.